The molecule has 1 aromatic rings. The van der Waals surface area contributed by atoms with Crippen LogP contribution in [0, 0.1) is 0 Å². The van der Waals surface area contributed by atoms with E-state index in [4.69, 9.17) is 30.0 Å². The number of ether oxygens (including phenoxy) is 1. The van der Waals surface area contributed by atoms with Gasteiger partial charge in [-0.25, -0.2) is 23.4 Å². The van der Waals surface area contributed by atoms with Crippen LogP contribution in [0.3, 0.4) is 0 Å². The van der Waals surface area contributed by atoms with Crippen molar-refractivity contribution < 1.29 is 66.3 Å². The molecule has 0 spiro atoms. The van der Waals surface area contributed by atoms with Crippen LogP contribution in [0.2, 0.25) is 0 Å². The molecule has 2 heterocycles. The van der Waals surface area contributed by atoms with Gasteiger partial charge in [-0.05, 0) is 6.07 Å². The Morgan fingerprint density at radius 3 is 2.47 bits per heavy atom. The molecule has 2 rings (SSSR count). The fourth-order valence-electron chi connectivity index (χ4n) is 2.13. The zero-order valence-corrected chi connectivity index (χ0v) is 17.1. The van der Waals surface area contributed by atoms with Gasteiger partial charge in [0.2, 0.25) is 0 Å². The van der Waals surface area contributed by atoms with Crippen molar-refractivity contribution in [1.82, 2.24) is 9.55 Å². The van der Waals surface area contributed by atoms with E-state index in [0.717, 1.165) is 4.57 Å². The maximum absolute atomic E-state index is 11.8. The fourth-order valence-corrected chi connectivity index (χ4v) is 4.86. The average Bonchev–Trinajstić information content (AvgIpc) is 2.88. The molecule has 0 saturated carbocycles. The molecule has 18 nitrogen and oxygen atoms in total. The summed E-state index contributed by atoms with van der Waals surface area (Å²) in [6.07, 6.45) is -1.99. The Bertz CT molecular complexity index is 947. The topological polar surface area (TPSA) is 269 Å². The summed E-state index contributed by atoms with van der Waals surface area (Å²) in [6, 6.07) is 1.33. The van der Waals surface area contributed by atoms with Gasteiger partial charge in [-0.15, -0.1) is 0 Å². The number of anilines is 1. The first-order chi connectivity index (χ1) is 13.7. The van der Waals surface area contributed by atoms with E-state index in [-0.39, 0.29) is 12.2 Å². The summed E-state index contributed by atoms with van der Waals surface area (Å²) in [4.78, 5) is 54.5. The molecule has 2 unspecified atom stereocenters. The van der Waals surface area contributed by atoms with E-state index >= 15 is 0 Å². The first kappa shape index (κ1) is 25.2. The normalized spacial score (nSPS) is 26.2. The number of phosphoric acid groups is 3. The summed E-state index contributed by atoms with van der Waals surface area (Å²) in [7, 11) is -16.8. The van der Waals surface area contributed by atoms with Crippen LogP contribution in [-0.4, -0.2) is 53.0 Å². The van der Waals surface area contributed by atoms with Crippen LogP contribution in [0.4, 0.5) is 5.82 Å². The van der Waals surface area contributed by atoms with Crippen LogP contribution in [0.1, 0.15) is 12.6 Å². The number of nitrogens with two attached hydrogens (primary N) is 1. The van der Waals surface area contributed by atoms with E-state index in [9.17, 15) is 23.6 Å². The Morgan fingerprint density at radius 2 is 1.87 bits per heavy atom. The van der Waals surface area contributed by atoms with Crippen molar-refractivity contribution in [2.24, 2.45) is 0 Å². The minimum absolute atomic E-state index is 0.0190. The molecule has 0 aliphatic carbocycles. The lowest BCUT2D eigenvalue weighted by Crippen LogP contribution is -2.28. The molecule has 1 fully saturated rings. The van der Waals surface area contributed by atoms with Crippen LogP contribution in [0.25, 0.3) is 0 Å². The third kappa shape index (κ3) is 7.88. The number of rotatable bonds is 10. The predicted molar refractivity (Wildman–Crippen MR) is 89.4 cm³/mol. The summed E-state index contributed by atoms with van der Waals surface area (Å²) in [5.41, 5.74) is 4.63. The molecule has 1 aliphatic rings. The molecule has 0 bridgehead atoms. The van der Waals surface area contributed by atoms with E-state index in [2.05, 4.69) is 28.2 Å². The van der Waals surface area contributed by atoms with Crippen molar-refractivity contribution >= 4 is 29.3 Å². The van der Waals surface area contributed by atoms with Crippen LogP contribution < -0.4 is 11.4 Å². The molecule has 1 aliphatic heterocycles. The highest BCUT2D eigenvalue weighted by atomic mass is 31.3. The Kier molecular flexibility index (Phi) is 8.06. The van der Waals surface area contributed by atoms with Crippen molar-refractivity contribution in [3.05, 3.63) is 22.7 Å². The van der Waals surface area contributed by atoms with Gasteiger partial charge in [-0.3, -0.25) is 4.57 Å². The molecule has 21 heteroatoms. The summed E-state index contributed by atoms with van der Waals surface area (Å²) >= 11 is 0. The van der Waals surface area contributed by atoms with Gasteiger partial charge in [0.25, 0.3) is 0 Å². The van der Waals surface area contributed by atoms with E-state index in [0.29, 0.717) is 0 Å². The number of hydrogen-bond donors (Lipinski definition) is 6. The SMILES string of the molecule is Nc1ccn([C@H]2C[C@H](O)[C@@H](COOOP(=O)(O)OP(=O)(O)OP(=O)(O)O)O2)c(=O)n1. The molecular weight excluding hydrogens is 483 g/mol. The summed E-state index contributed by atoms with van der Waals surface area (Å²) in [6.45, 7) is -0.620. The molecule has 1 aromatic heterocycles. The second kappa shape index (κ2) is 9.60. The molecule has 0 aromatic carbocycles. The van der Waals surface area contributed by atoms with Gasteiger partial charge in [0.15, 0.2) is 0 Å². The Morgan fingerprint density at radius 1 is 1.20 bits per heavy atom. The van der Waals surface area contributed by atoms with E-state index in [1.165, 1.54) is 12.3 Å². The number of aliphatic hydroxyl groups is 1. The molecule has 7 N–H and O–H groups in total. The molecule has 0 amide bonds. The molecule has 5 atom stereocenters. The van der Waals surface area contributed by atoms with Crippen molar-refractivity contribution in [2.45, 2.75) is 24.9 Å². The first-order valence-electron chi connectivity index (χ1n) is 7.47. The second-order valence-electron chi connectivity index (χ2n) is 5.49. The highest BCUT2D eigenvalue weighted by Gasteiger charge is 2.42. The Hall–Kier alpha value is -1.07. The van der Waals surface area contributed by atoms with Gasteiger partial charge in [0, 0.05) is 12.6 Å². The van der Waals surface area contributed by atoms with Gasteiger partial charge in [0.1, 0.15) is 24.8 Å². The molecule has 0 radical (unpaired) electrons. The maximum Gasteiger partial charge on any atom is 0.510 e. The van der Waals surface area contributed by atoms with Gasteiger partial charge < -0.3 is 35.2 Å². The fraction of sp³-hybridized carbons (Fsp3) is 0.556. The minimum atomic E-state index is -5.71. The van der Waals surface area contributed by atoms with Gasteiger partial charge in [-0.1, -0.05) is 9.71 Å². The number of nitrogen functional groups attached to an aromatic ring is 1. The van der Waals surface area contributed by atoms with Gasteiger partial charge in [0.05, 0.1) is 6.10 Å². The molecule has 1 saturated heterocycles. The lowest BCUT2D eigenvalue weighted by molar-refractivity contribution is -0.476. The van der Waals surface area contributed by atoms with Gasteiger partial charge >= 0.3 is 29.2 Å². The lowest BCUT2D eigenvalue weighted by atomic mass is 10.2. The van der Waals surface area contributed by atoms with E-state index in [1.54, 1.807) is 0 Å². The number of nitrogens with zero attached hydrogens (tertiary/aromatic N) is 2. The highest BCUT2D eigenvalue weighted by Crippen LogP contribution is 2.66. The Balaban J connectivity index is 1.82. The molecular formula is C9H16N3O15P3. The van der Waals surface area contributed by atoms with E-state index in [1.807, 2.05) is 0 Å². The summed E-state index contributed by atoms with van der Waals surface area (Å²) < 4.78 is 50.0. The van der Waals surface area contributed by atoms with Crippen molar-refractivity contribution in [1.29, 1.82) is 0 Å². The third-order valence-electron chi connectivity index (χ3n) is 3.19. The average molecular weight is 499 g/mol. The smallest absolute Gasteiger partial charge is 0.390 e. The predicted octanol–water partition coefficient (Wildman–Crippen LogP) is -1.32. The van der Waals surface area contributed by atoms with Crippen molar-refractivity contribution in [3.8, 4) is 0 Å². The molecule has 172 valence electrons. The van der Waals surface area contributed by atoms with Crippen LogP contribution >= 0.6 is 23.5 Å². The van der Waals surface area contributed by atoms with Gasteiger partial charge in [-0.2, -0.15) is 13.6 Å². The first-order valence-corrected chi connectivity index (χ1v) is 12.0. The number of hydrogen-bond acceptors (Lipinski definition) is 13. The van der Waals surface area contributed by atoms with Crippen LogP contribution in [0.5, 0.6) is 0 Å². The largest absolute Gasteiger partial charge is 0.510 e. The van der Waals surface area contributed by atoms with Crippen LogP contribution in [-0.2, 0) is 41.7 Å². The highest BCUT2D eigenvalue weighted by molar-refractivity contribution is 7.66. The molecule has 30 heavy (non-hydrogen) atoms. The summed E-state index contributed by atoms with van der Waals surface area (Å²) in [5.74, 6) is -0.0190. The Labute approximate surface area is 166 Å². The monoisotopic (exact) mass is 499 g/mol. The quantitative estimate of drug-likeness (QED) is 0.0942. The minimum Gasteiger partial charge on any atom is -0.390 e. The number of aromatic nitrogens is 2. The zero-order valence-electron chi connectivity index (χ0n) is 14.4. The number of aliphatic hydroxyl groups excluding tert-OH is 1. The lowest BCUT2D eigenvalue weighted by Gasteiger charge is -2.16. The summed E-state index contributed by atoms with van der Waals surface area (Å²) in [5, 5.41) is 13.8. The third-order valence-corrected chi connectivity index (χ3v) is 6.76. The van der Waals surface area contributed by atoms with Crippen LogP contribution in [0.15, 0.2) is 17.1 Å². The zero-order chi connectivity index (χ0) is 22.7. The second-order valence-corrected chi connectivity index (χ2v) is 9.80. The van der Waals surface area contributed by atoms with Crippen molar-refractivity contribution in [2.75, 3.05) is 12.3 Å². The van der Waals surface area contributed by atoms with Crippen molar-refractivity contribution in [3.63, 3.8) is 0 Å². The standard InChI is InChI=1S/C9H16N3O15P3/c10-7-1-2-12(9(14)11-7)8-3-5(13)6(23-8)4-22-24-25-29(18,19)27-30(20,21)26-28(15,16)17/h1-2,5-6,8,13H,3-4H2,(H,18,19)(H,20,21)(H2,10,11,14)(H2,15,16,17)/t5-,6+,8+/m0/s1. The maximum atomic E-state index is 11.8. The van der Waals surface area contributed by atoms with E-state index < -0.39 is 54.2 Å².